The van der Waals surface area contributed by atoms with Crippen LogP contribution < -0.4 is 0 Å². The van der Waals surface area contributed by atoms with E-state index >= 15 is 0 Å². The number of aliphatic hydroxyl groups is 1. The number of alkyl halides is 3. The molecule has 0 fully saturated rings. The molecule has 20 heavy (non-hydrogen) atoms. The number of aliphatic hydroxyl groups excluding tert-OH is 1. The zero-order chi connectivity index (χ0) is 14.9. The van der Waals surface area contributed by atoms with Crippen molar-refractivity contribution in [1.82, 2.24) is 0 Å². The summed E-state index contributed by atoms with van der Waals surface area (Å²) in [7, 11) is 0. The second-order valence-electron chi connectivity index (χ2n) is 4.52. The van der Waals surface area contributed by atoms with E-state index < -0.39 is 17.8 Å². The van der Waals surface area contributed by atoms with Crippen molar-refractivity contribution in [3.63, 3.8) is 0 Å². The molecule has 108 valence electrons. The van der Waals surface area contributed by atoms with Gasteiger partial charge in [-0.1, -0.05) is 12.1 Å². The van der Waals surface area contributed by atoms with Crippen LogP contribution in [0.1, 0.15) is 27.7 Å². The fourth-order valence-electron chi connectivity index (χ4n) is 1.80. The Morgan fingerprint density at radius 2 is 1.85 bits per heavy atom. The van der Waals surface area contributed by atoms with Gasteiger partial charge in [0.15, 0.2) is 0 Å². The van der Waals surface area contributed by atoms with Crippen molar-refractivity contribution in [1.29, 1.82) is 0 Å². The zero-order valence-electron chi connectivity index (χ0n) is 10.5. The first-order chi connectivity index (χ1) is 9.27. The number of aryl methyl sites for hydroxylation is 1. The van der Waals surface area contributed by atoms with Crippen molar-refractivity contribution in [3.05, 3.63) is 55.7 Å². The summed E-state index contributed by atoms with van der Waals surface area (Å²) in [5.41, 5.74) is 1.04. The van der Waals surface area contributed by atoms with Crippen molar-refractivity contribution in [2.45, 2.75) is 25.6 Å². The lowest BCUT2D eigenvalue weighted by Gasteiger charge is -2.10. The van der Waals surface area contributed by atoms with Gasteiger partial charge in [-0.15, -0.1) is 11.3 Å². The van der Waals surface area contributed by atoms with E-state index in [1.807, 2.05) is 13.0 Å². The van der Waals surface area contributed by atoms with Gasteiger partial charge in [-0.2, -0.15) is 13.2 Å². The first-order valence-corrected chi connectivity index (χ1v) is 7.48. The quantitative estimate of drug-likeness (QED) is 0.801. The Labute approximate surface area is 127 Å². The van der Waals surface area contributed by atoms with E-state index in [0.29, 0.717) is 12.0 Å². The predicted octanol–water partition coefficient (Wildman–Crippen LogP) is 5.11. The van der Waals surface area contributed by atoms with Gasteiger partial charge in [0.05, 0.1) is 15.5 Å². The Morgan fingerprint density at radius 1 is 1.25 bits per heavy atom. The van der Waals surface area contributed by atoms with Crippen LogP contribution in [0.15, 0.2) is 34.1 Å². The average Bonchev–Trinajstić information content (AvgIpc) is 2.69. The number of rotatable bonds is 3. The molecule has 0 amide bonds. The topological polar surface area (TPSA) is 20.2 Å². The normalized spacial score (nSPS) is 13.5. The molecule has 2 aromatic rings. The summed E-state index contributed by atoms with van der Waals surface area (Å²) in [6.07, 6.45) is -4.74. The smallest absolute Gasteiger partial charge is 0.387 e. The highest BCUT2D eigenvalue weighted by atomic mass is 79.9. The molecule has 0 radical (unpaired) electrons. The van der Waals surface area contributed by atoms with Gasteiger partial charge in [-0.05, 0) is 52.2 Å². The highest BCUT2D eigenvalue weighted by Crippen LogP contribution is 2.33. The molecule has 0 bridgehead atoms. The maximum atomic E-state index is 12.4. The summed E-state index contributed by atoms with van der Waals surface area (Å²) >= 11 is 4.82. The molecule has 0 saturated carbocycles. The van der Waals surface area contributed by atoms with E-state index in [4.69, 9.17) is 0 Å². The van der Waals surface area contributed by atoms with Gasteiger partial charge in [0.2, 0.25) is 0 Å². The van der Waals surface area contributed by atoms with Crippen molar-refractivity contribution in [2.75, 3.05) is 0 Å². The third kappa shape index (κ3) is 3.62. The fourth-order valence-corrected chi connectivity index (χ4v) is 3.36. The van der Waals surface area contributed by atoms with Crippen LogP contribution in [0.3, 0.4) is 0 Å². The number of halogens is 4. The van der Waals surface area contributed by atoms with E-state index in [0.717, 1.165) is 26.4 Å². The van der Waals surface area contributed by atoms with Gasteiger partial charge in [0.1, 0.15) is 0 Å². The minimum atomic E-state index is -4.33. The van der Waals surface area contributed by atoms with E-state index in [-0.39, 0.29) is 0 Å². The van der Waals surface area contributed by atoms with Gasteiger partial charge in [-0.3, -0.25) is 0 Å². The van der Waals surface area contributed by atoms with Crippen LogP contribution in [0.5, 0.6) is 0 Å². The van der Waals surface area contributed by atoms with Crippen LogP contribution >= 0.6 is 27.3 Å². The minimum absolute atomic E-state index is 0.296. The largest absolute Gasteiger partial charge is 0.416 e. The van der Waals surface area contributed by atoms with Crippen LogP contribution in [-0.4, -0.2) is 5.11 Å². The molecule has 1 aromatic heterocycles. The molecule has 6 heteroatoms. The van der Waals surface area contributed by atoms with E-state index in [1.54, 1.807) is 0 Å². The van der Waals surface area contributed by atoms with Gasteiger partial charge in [-0.25, -0.2) is 0 Å². The van der Waals surface area contributed by atoms with Crippen molar-refractivity contribution in [3.8, 4) is 0 Å². The molecule has 2 rings (SSSR count). The number of hydrogen-bond acceptors (Lipinski definition) is 2. The molecule has 0 saturated heterocycles. The van der Waals surface area contributed by atoms with Gasteiger partial charge >= 0.3 is 6.18 Å². The maximum absolute atomic E-state index is 12.4. The third-order valence-corrected chi connectivity index (χ3v) is 5.15. The summed E-state index contributed by atoms with van der Waals surface area (Å²) < 4.78 is 38.3. The third-order valence-electron chi connectivity index (χ3n) is 2.91. The van der Waals surface area contributed by atoms with Gasteiger partial charge in [0, 0.05) is 11.3 Å². The highest BCUT2D eigenvalue weighted by Gasteiger charge is 2.30. The summed E-state index contributed by atoms with van der Waals surface area (Å²) in [5, 5.41) is 10.1. The summed E-state index contributed by atoms with van der Waals surface area (Å²) in [5.74, 6) is 0. The Morgan fingerprint density at radius 3 is 2.30 bits per heavy atom. The molecule has 0 aliphatic heterocycles. The average molecular weight is 365 g/mol. The summed E-state index contributed by atoms with van der Waals surface area (Å²) in [4.78, 5) is 0.800. The van der Waals surface area contributed by atoms with Gasteiger partial charge in [0.25, 0.3) is 0 Å². The lowest BCUT2D eigenvalue weighted by Crippen LogP contribution is -2.05. The first kappa shape index (κ1) is 15.5. The highest BCUT2D eigenvalue weighted by molar-refractivity contribution is 9.11. The molecular formula is C14H12BrF3OS. The van der Waals surface area contributed by atoms with Gasteiger partial charge < -0.3 is 5.11 Å². The van der Waals surface area contributed by atoms with E-state index in [1.165, 1.54) is 23.5 Å². The Hall–Kier alpha value is -0.850. The second kappa shape index (κ2) is 5.87. The van der Waals surface area contributed by atoms with Crippen molar-refractivity contribution >= 4 is 27.3 Å². The minimum Gasteiger partial charge on any atom is -0.387 e. The predicted molar refractivity (Wildman–Crippen MR) is 76.9 cm³/mol. The summed E-state index contributed by atoms with van der Waals surface area (Å²) in [6, 6.07) is 6.77. The molecule has 1 nitrogen and oxygen atoms in total. The number of thiophene rings is 1. The van der Waals surface area contributed by atoms with Crippen molar-refractivity contribution in [2.24, 2.45) is 0 Å². The molecule has 1 heterocycles. The molecular weight excluding hydrogens is 353 g/mol. The standard InChI is InChI=1S/C14H12BrF3OS/c1-8-6-12(20-13(8)15)11(19)7-9-2-4-10(5-3-9)14(16,17)18/h2-6,11,19H,7H2,1H3. The van der Waals surface area contributed by atoms with Crippen LogP contribution in [0.25, 0.3) is 0 Å². The molecule has 0 aliphatic rings. The summed E-state index contributed by atoms with van der Waals surface area (Å²) in [6.45, 7) is 1.93. The number of hydrogen-bond donors (Lipinski definition) is 1. The zero-order valence-corrected chi connectivity index (χ0v) is 12.9. The lowest BCUT2D eigenvalue weighted by molar-refractivity contribution is -0.137. The van der Waals surface area contributed by atoms with Crippen LogP contribution in [-0.2, 0) is 12.6 Å². The molecule has 0 spiro atoms. The molecule has 0 aliphatic carbocycles. The van der Waals surface area contributed by atoms with E-state index in [9.17, 15) is 18.3 Å². The Bertz CT molecular complexity index is 570. The monoisotopic (exact) mass is 364 g/mol. The SMILES string of the molecule is Cc1cc(C(O)Cc2ccc(C(F)(F)F)cc2)sc1Br. The Kier molecular flexibility index (Phi) is 4.56. The molecule has 1 atom stereocenters. The van der Waals surface area contributed by atoms with Crippen LogP contribution in [0.4, 0.5) is 13.2 Å². The fraction of sp³-hybridized carbons (Fsp3) is 0.286. The number of benzene rings is 1. The maximum Gasteiger partial charge on any atom is 0.416 e. The van der Waals surface area contributed by atoms with Crippen molar-refractivity contribution < 1.29 is 18.3 Å². The lowest BCUT2D eigenvalue weighted by atomic mass is 10.0. The second-order valence-corrected chi connectivity index (χ2v) is 6.92. The molecule has 1 aromatic carbocycles. The molecule has 1 unspecified atom stereocenters. The van der Waals surface area contributed by atoms with Crippen LogP contribution in [0.2, 0.25) is 0 Å². The Balaban J connectivity index is 2.10. The van der Waals surface area contributed by atoms with E-state index in [2.05, 4.69) is 15.9 Å². The molecule has 1 N–H and O–H groups in total. The first-order valence-electron chi connectivity index (χ1n) is 5.87. The van der Waals surface area contributed by atoms with Crippen LogP contribution in [0, 0.1) is 6.92 Å².